The quantitative estimate of drug-likeness (QED) is 0.852. The lowest BCUT2D eigenvalue weighted by Crippen LogP contribution is -2.35. The minimum absolute atomic E-state index is 0.00455. The molecule has 0 unspecified atom stereocenters. The summed E-state index contributed by atoms with van der Waals surface area (Å²) in [6, 6.07) is 6.63. The van der Waals surface area contributed by atoms with Gasteiger partial charge in [0.2, 0.25) is 0 Å². The van der Waals surface area contributed by atoms with Crippen molar-refractivity contribution in [2.75, 3.05) is 11.5 Å². The number of rotatable bonds is 5. The number of thiazole rings is 1. The van der Waals surface area contributed by atoms with E-state index in [0.29, 0.717) is 22.2 Å². The molecule has 1 saturated heterocycles. The van der Waals surface area contributed by atoms with Crippen LogP contribution in [-0.4, -0.2) is 36.9 Å². The van der Waals surface area contributed by atoms with Crippen LogP contribution in [0.3, 0.4) is 0 Å². The van der Waals surface area contributed by atoms with Crippen molar-refractivity contribution in [2.45, 2.75) is 19.1 Å². The van der Waals surface area contributed by atoms with E-state index >= 15 is 0 Å². The normalized spacial score (nSPS) is 19.1. The van der Waals surface area contributed by atoms with Gasteiger partial charge in [0.25, 0.3) is 5.91 Å². The number of hydrogen-bond acceptors (Lipinski definition) is 6. The minimum Gasteiger partial charge on any atom is -0.486 e. The van der Waals surface area contributed by atoms with Crippen LogP contribution in [0.15, 0.2) is 29.6 Å². The van der Waals surface area contributed by atoms with Gasteiger partial charge in [0.1, 0.15) is 23.1 Å². The number of amides is 1. The highest BCUT2D eigenvalue weighted by Gasteiger charge is 2.29. The molecule has 3 rings (SSSR count). The number of ether oxygens (including phenoxy) is 1. The Morgan fingerprint density at radius 2 is 2.12 bits per heavy atom. The Morgan fingerprint density at radius 1 is 1.38 bits per heavy atom. The molecule has 128 valence electrons. The Bertz CT molecular complexity index is 833. The molecule has 0 spiro atoms. The molecule has 1 aromatic carbocycles. The number of benzene rings is 1. The molecule has 1 atom stereocenters. The van der Waals surface area contributed by atoms with Crippen molar-refractivity contribution in [3.05, 3.63) is 45.4 Å². The fraction of sp³-hybridized carbons (Fsp3) is 0.333. The summed E-state index contributed by atoms with van der Waals surface area (Å²) in [6.07, 6.45) is 0.449. The van der Waals surface area contributed by atoms with E-state index < -0.39 is 9.84 Å². The lowest BCUT2D eigenvalue weighted by Gasteiger charge is -2.08. The first-order chi connectivity index (χ1) is 11.4. The van der Waals surface area contributed by atoms with Gasteiger partial charge in [-0.25, -0.2) is 13.4 Å². The van der Waals surface area contributed by atoms with Gasteiger partial charge < -0.3 is 10.1 Å². The average Bonchev–Trinajstić information content (AvgIpc) is 3.13. The van der Waals surface area contributed by atoms with Gasteiger partial charge in [0.05, 0.1) is 11.5 Å². The highest BCUT2D eigenvalue weighted by Crippen LogP contribution is 2.18. The first-order valence-electron chi connectivity index (χ1n) is 7.25. The Balaban J connectivity index is 1.55. The van der Waals surface area contributed by atoms with E-state index in [2.05, 4.69) is 10.3 Å². The molecule has 0 saturated carbocycles. The summed E-state index contributed by atoms with van der Waals surface area (Å²) in [5.74, 6) is 0.424. The predicted octanol–water partition coefficient (Wildman–Crippen LogP) is 2.29. The first-order valence-corrected chi connectivity index (χ1v) is 10.3. The molecule has 0 aliphatic carbocycles. The molecular weight excluding hydrogens is 372 g/mol. The third-order valence-electron chi connectivity index (χ3n) is 3.53. The van der Waals surface area contributed by atoms with Crippen molar-refractivity contribution < 1.29 is 17.9 Å². The largest absolute Gasteiger partial charge is 0.486 e. The number of nitrogens with zero attached hydrogens (tertiary/aromatic N) is 1. The van der Waals surface area contributed by atoms with Crippen molar-refractivity contribution >= 4 is 38.7 Å². The minimum atomic E-state index is -3.02. The van der Waals surface area contributed by atoms with Crippen LogP contribution in [0.4, 0.5) is 0 Å². The van der Waals surface area contributed by atoms with Crippen molar-refractivity contribution in [1.29, 1.82) is 0 Å². The number of halogens is 1. The van der Waals surface area contributed by atoms with E-state index in [1.807, 2.05) is 0 Å². The highest BCUT2D eigenvalue weighted by atomic mass is 35.5. The van der Waals surface area contributed by atoms with E-state index in [1.165, 1.54) is 11.3 Å². The van der Waals surface area contributed by atoms with Gasteiger partial charge in [-0.3, -0.25) is 4.79 Å². The lowest BCUT2D eigenvalue weighted by atomic mass is 10.2. The first kappa shape index (κ1) is 17.2. The molecule has 6 nitrogen and oxygen atoms in total. The summed E-state index contributed by atoms with van der Waals surface area (Å²) < 4.78 is 28.4. The fourth-order valence-electron chi connectivity index (χ4n) is 2.33. The van der Waals surface area contributed by atoms with E-state index in [1.54, 1.807) is 29.6 Å². The van der Waals surface area contributed by atoms with Crippen LogP contribution in [0.5, 0.6) is 5.75 Å². The maximum absolute atomic E-state index is 12.1. The average molecular weight is 387 g/mol. The van der Waals surface area contributed by atoms with Crippen molar-refractivity contribution in [1.82, 2.24) is 10.3 Å². The van der Waals surface area contributed by atoms with Gasteiger partial charge in [-0.2, -0.15) is 0 Å². The zero-order chi connectivity index (χ0) is 17.2. The third-order valence-corrected chi connectivity index (χ3v) is 6.37. The molecule has 9 heteroatoms. The second-order valence-corrected chi connectivity index (χ2v) is 9.05. The SMILES string of the molecule is O=C(N[C@H]1CCS(=O)(=O)C1)c1csc(COc2ccc(Cl)cc2)n1. The maximum Gasteiger partial charge on any atom is 0.271 e. The molecule has 1 amide bonds. The van der Waals surface area contributed by atoms with E-state index in [9.17, 15) is 13.2 Å². The second-order valence-electron chi connectivity index (χ2n) is 5.44. The Morgan fingerprint density at radius 3 is 2.79 bits per heavy atom. The molecule has 0 radical (unpaired) electrons. The molecule has 1 aliphatic heterocycles. The molecule has 2 heterocycles. The van der Waals surface area contributed by atoms with Crippen molar-refractivity contribution in [2.24, 2.45) is 0 Å². The summed E-state index contributed by atoms with van der Waals surface area (Å²) in [4.78, 5) is 16.3. The summed E-state index contributed by atoms with van der Waals surface area (Å²) in [5, 5.41) is 5.64. The van der Waals surface area contributed by atoms with Crippen LogP contribution in [-0.2, 0) is 16.4 Å². The monoisotopic (exact) mass is 386 g/mol. The molecule has 1 aliphatic rings. The number of aromatic nitrogens is 1. The zero-order valence-electron chi connectivity index (χ0n) is 12.6. The standard InChI is InChI=1S/C15H15ClN2O4S2/c16-10-1-3-12(4-2-10)22-7-14-18-13(8-23-14)15(19)17-11-5-6-24(20,21)9-11/h1-4,8,11H,5-7,9H2,(H,17,19)/t11-/m0/s1. The van der Waals surface area contributed by atoms with Crippen LogP contribution in [0.1, 0.15) is 21.9 Å². The molecule has 1 fully saturated rings. The summed E-state index contributed by atoms with van der Waals surface area (Å²) in [7, 11) is -3.02. The number of hydrogen-bond donors (Lipinski definition) is 1. The molecule has 24 heavy (non-hydrogen) atoms. The number of carbonyl (C=O) groups excluding carboxylic acids is 1. The Kier molecular flexibility index (Phi) is 5.07. The van der Waals surface area contributed by atoms with Crippen LogP contribution in [0, 0.1) is 0 Å². The fourth-order valence-corrected chi connectivity index (χ4v) is 4.81. The second kappa shape index (κ2) is 7.08. The smallest absolute Gasteiger partial charge is 0.271 e. The summed E-state index contributed by atoms with van der Waals surface area (Å²) in [6.45, 7) is 0.247. The Hall–Kier alpha value is -1.64. The topological polar surface area (TPSA) is 85.4 Å². The van der Waals surface area contributed by atoms with Gasteiger partial charge in [0, 0.05) is 16.4 Å². The number of carbonyl (C=O) groups is 1. The maximum atomic E-state index is 12.1. The molecule has 2 aromatic rings. The van der Waals surface area contributed by atoms with E-state index in [-0.39, 0.29) is 35.8 Å². The summed E-state index contributed by atoms with van der Waals surface area (Å²) >= 11 is 7.12. The van der Waals surface area contributed by atoms with Gasteiger partial charge in [0.15, 0.2) is 9.84 Å². The molecular formula is C15H15ClN2O4S2. The Labute approximate surface area is 148 Å². The molecule has 1 N–H and O–H groups in total. The molecule has 0 bridgehead atoms. The van der Waals surface area contributed by atoms with Gasteiger partial charge in [-0.1, -0.05) is 11.6 Å². The van der Waals surface area contributed by atoms with Crippen LogP contribution in [0.25, 0.3) is 0 Å². The lowest BCUT2D eigenvalue weighted by molar-refractivity contribution is 0.0936. The van der Waals surface area contributed by atoms with Crippen molar-refractivity contribution in [3.63, 3.8) is 0 Å². The van der Waals surface area contributed by atoms with E-state index in [4.69, 9.17) is 16.3 Å². The zero-order valence-corrected chi connectivity index (χ0v) is 15.0. The highest BCUT2D eigenvalue weighted by molar-refractivity contribution is 7.91. The van der Waals surface area contributed by atoms with E-state index in [0.717, 1.165) is 0 Å². The predicted molar refractivity (Wildman–Crippen MR) is 92.4 cm³/mol. The van der Waals surface area contributed by atoms with Gasteiger partial charge in [-0.15, -0.1) is 11.3 Å². The number of nitrogens with one attached hydrogen (secondary N) is 1. The number of sulfone groups is 1. The molecule has 1 aromatic heterocycles. The van der Waals surface area contributed by atoms with Gasteiger partial charge in [-0.05, 0) is 30.7 Å². The summed E-state index contributed by atoms with van der Waals surface area (Å²) in [5.41, 5.74) is 0.277. The van der Waals surface area contributed by atoms with Crippen LogP contribution < -0.4 is 10.1 Å². The van der Waals surface area contributed by atoms with Gasteiger partial charge >= 0.3 is 0 Å². The van der Waals surface area contributed by atoms with Crippen LogP contribution in [0.2, 0.25) is 5.02 Å². The third kappa shape index (κ3) is 4.46. The van der Waals surface area contributed by atoms with Crippen LogP contribution >= 0.6 is 22.9 Å². The van der Waals surface area contributed by atoms with Crippen molar-refractivity contribution in [3.8, 4) is 5.75 Å².